The topological polar surface area (TPSA) is 0 Å². The predicted molar refractivity (Wildman–Crippen MR) is 198 cm³/mol. The zero-order chi connectivity index (χ0) is 34.5. The Labute approximate surface area is 322 Å². The molecule has 0 saturated carbocycles. The van der Waals surface area contributed by atoms with Crippen LogP contribution in [-0.4, -0.2) is 0 Å². The van der Waals surface area contributed by atoms with Crippen LogP contribution in [0.25, 0.3) is 43.8 Å². The SMILES string of the molecule is CC(C)c1cc2c(-c3ccc(C(F)(F)F)cc3)cccc2[cH-]1.CC(C)c1cc2c(-c3ccc(C(F)(F)F)cc3)cccc2[cH-]1.Cl.Cl.[CH2-]C[CH2-].[Hf+4]. The van der Waals surface area contributed by atoms with Gasteiger partial charge in [0.15, 0.2) is 0 Å². The number of hydrogen-bond donors (Lipinski definition) is 0. The van der Waals surface area contributed by atoms with Crippen LogP contribution in [0.15, 0.2) is 109 Å². The Morgan fingerprint density at radius 3 is 1.10 bits per heavy atom. The van der Waals surface area contributed by atoms with E-state index in [1.807, 2.05) is 36.4 Å². The van der Waals surface area contributed by atoms with Crippen LogP contribution in [0.2, 0.25) is 0 Å². The second-order valence-corrected chi connectivity index (χ2v) is 12.0. The standard InChI is InChI=1S/2C19H16F3.C3H6.2ClH.Hf/c2*1-12(2)15-10-14-4-3-5-17(18(14)11-15)13-6-8-16(9-7-13)19(20,21)22;1-3-2;;;/h2*3-12H,1-2H3;1-3H2;2*1H;/q2*-1;-2;;;+4. The third kappa shape index (κ3) is 11.1. The maximum atomic E-state index is 12.7. The average Bonchev–Trinajstić information content (AvgIpc) is 3.66. The van der Waals surface area contributed by atoms with Crippen molar-refractivity contribution in [2.75, 3.05) is 0 Å². The van der Waals surface area contributed by atoms with E-state index >= 15 is 0 Å². The Morgan fingerprint density at radius 2 is 0.840 bits per heavy atom. The summed E-state index contributed by atoms with van der Waals surface area (Å²) in [7, 11) is 0. The summed E-state index contributed by atoms with van der Waals surface area (Å²) >= 11 is 0. The second-order valence-electron chi connectivity index (χ2n) is 12.0. The van der Waals surface area contributed by atoms with Crippen LogP contribution in [-0.2, 0) is 38.2 Å². The number of fused-ring (bicyclic) bond motifs is 2. The van der Waals surface area contributed by atoms with Crippen LogP contribution in [0.4, 0.5) is 26.3 Å². The number of alkyl halides is 6. The summed E-state index contributed by atoms with van der Waals surface area (Å²) in [5.41, 5.74) is 4.81. The summed E-state index contributed by atoms with van der Waals surface area (Å²) in [6, 6.07) is 31.1. The Hall–Kier alpha value is -2.87. The number of benzene rings is 4. The third-order valence-electron chi connectivity index (χ3n) is 7.93. The molecule has 264 valence electrons. The minimum Gasteiger partial charge on any atom is -0.372 e. The van der Waals surface area contributed by atoms with Gasteiger partial charge in [-0.15, -0.1) is 93.9 Å². The molecule has 0 radical (unpaired) electrons. The van der Waals surface area contributed by atoms with Gasteiger partial charge in [-0.3, -0.25) is 0 Å². The molecule has 0 N–H and O–H groups in total. The number of hydrogen-bond acceptors (Lipinski definition) is 0. The minimum atomic E-state index is -4.30. The first-order valence-corrected chi connectivity index (χ1v) is 15.5. The normalized spacial score (nSPS) is 11.2. The summed E-state index contributed by atoms with van der Waals surface area (Å²) in [6.07, 6.45) is -7.84. The van der Waals surface area contributed by atoms with Gasteiger partial charge >= 0.3 is 38.2 Å². The van der Waals surface area contributed by atoms with E-state index in [4.69, 9.17) is 0 Å². The molecule has 0 aliphatic rings. The first-order chi connectivity index (χ1) is 22.1. The summed E-state index contributed by atoms with van der Waals surface area (Å²) in [6.45, 7) is 15.3. The third-order valence-corrected chi connectivity index (χ3v) is 7.93. The van der Waals surface area contributed by atoms with Crippen molar-refractivity contribution in [3.05, 3.63) is 145 Å². The van der Waals surface area contributed by atoms with E-state index in [-0.39, 0.29) is 50.7 Å². The van der Waals surface area contributed by atoms with Crippen LogP contribution in [0.3, 0.4) is 0 Å². The van der Waals surface area contributed by atoms with Gasteiger partial charge in [-0.2, -0.15) is 38.5 Å². The van der Waals surface area contributed by atoms with Gasteiger partial charge < -0.3 is 20.3 Å². The van der Waals surface area contributed by atoms with E-state index < -0.39 is 23.5 Å². The largest absolute Gasteiger partial charge is 4.00 e. The molecule has 0 spiro atoms. The van der Waals surface area contributed by atoms with Crippen LogP contribution in [0.5, 0.6) is 0 Å². The van der Waals surface area contributed by atoms with Gasteiger partial charge in [0.05, 0.1) is 11.1 Å². The first-order valence-electron chi connectivity index (χ1n) is 15.5. The molecule has 0 saturated heterocycles. The molecular weight excluding hydrogens is 856 g/mol. The smallest absolute Gasteiger partial charge is 0.372 e. The quantitative estimate of drug-likeness (QED) is 0.0940. The Morgan fingerprint density at radius 1 is 0.540 bits per heavy atom. The molecule has 0 amide bonds. The van der Waals surface area contributed by atoms with Crippen molar-refractivity contribution >= 4 is 46.4 Å². The van der Waals surface area contributed by atoms with Crippen molar-refractivity contribution in [1.29, 1.82) is 0 Å². The molecule has 0 unspecified atom stereocenters. The first kappa shape index (κ1) is 45.2. The van der Waals surface area contributed by atoms with Crippen molar-refractivity contribution < 1.29 is 52.2 Å². The van der Waals surface area contributed by atoms with Crippen LogP contribution >= 0.6 is 24.8 Å². The van der Waals surface area contributed by atoms with E-state index in [0.717, 1.165) is 74.5 Å². The van der Waals surface area contributed by atoms with Gasteiger partial charge in [0, 0.05) is 0 Å². The fraction of sp³-hybridized carbons (Fsp3) is 0.220. The summed E-state index contributed by atoms with van der Waals surface area (Å²) in [4.78, 5) is 0. The van der Waals surface area contributed by atoms with Gasteiger partial charge in [0.2, 0.25) is 0 Å². The zero-order valence-electron chi connectivity index (χ0n) is 28.3. The number of halogens is 8. The van der Waals surface area contributed by atoms with Crippen LogP contribution < -0.4 is 0 Å². The van der Waals surface area contributed by atoms with Gasteiger partial charge in [-0.05, 0) is 47.2 Å². The van der Waals surface area contributed by atoms with Crippen LogP contribution in [0.1, 0.15) is 68.2 Å². The molecular formula is C41H40Cl2F6Hf. The molecule has 50 heavy (non-hydrogen) atoms. The van der Waals surface area contributed by atoms with Crippen molar-refractivity contribution in [2.24, 2.45) is 0 Å². The molecule has 0 fully saturated rings. The number of rotatable bonds is 4. The van der Waals surface area contributed by atoms with Crippen molar-refractivity contribution in [1.82, 2.24) is 0 Å². The fourth-order valence-corrected chi connectivity index (χ4v) is 5.36. The van der Waals surface area contributed by atoms with Gasteiger partial charge in [0.1, 0.15) is 0 Å². The van der Waals surface area contributed by atoms with Crippen LogP contribution in [0, 0.1) is 13.8 Å². The molecule has 0 nitrogen and oxygen atoms in total. The molecule has 6 rings (SSSR count). The monoisotopic (exact) mass is 896 g/mol. The minimum absolute atomic E-state index is 0. The Kier molecular flexibility index (Phi) is 17.3. The van der Waals surface area contributed by atoms with E-state index in [2.05, 4.69) is 65.8 Å². The van der Waals surface area contributed by atoms with E-state index in [1.165, 1.54) is 11.1 Å². The van der Waals surface area contributed by atoms with Crippen molar-refractivity contribution in [2.45, 2.75) is 58.3 Å². The maximum absolute atomic E-state index is 12.7. The summed E-state index contributed by atoms with van der Waals surface area (Å²) in [5.74, 6) is 0.848. The molecule has 0 aliphatic carbocycles. The second kappa shape index (κ2) is 19.1. The summed E-state index contributed by atoms with van der Waals surface area (Å²) in [5, 5.41) is 4.43. The molecule has 0 bridgehead atoms. The fourth-order valence-electron chi connectivity index (χ4n) is 5.36. The molecule has 0 aliphatic heterocycles. The molecule has 6 aromatic rings. The van der Waals surface area contributed by atoms with E-state index in [9.17, 15) is 26.3 Å². The predicted octanol–water partition coefficient (Wildman–Crippen LogP) is 14.6. The Bertz CT molecular complexity index is 1760. The van der Waals surface area contributed by atoms with Crippen molar-refractivity contribution in [3.8, 4) is 22.3 Å². The molecule has 0 aromatic heterocycles. The van der Waals surface area contributed by atoms with E-state index in [0.29, 0.717) is 11.8 Å². The summed E-state index contributed by atoms with van der Waals surface area (Å²) < 4.78 is 76.0. The zero-order valence-corrected chi connectivity index (χ0v) is 33.5. The molecule has 0 atom stereocenters. The molecule has 0 heterocycles. The molecule has 9 heteroatoms. The van der Waals surface area contributed by atoms with Gasteiger partial charge in [-0.1, -0.05) is 75.2 Å². The Balaban J connectivity index is 0.000000439. The van der Waals surface area contributed by atoms with Gasteiger partial charge in [-0.25, -0.2) is 0 Å². The average molecular weight is 896 g/mol. The van der Waals surface area contributed by atoms with E-state index in [1.54, 1.807) is 24.3 Å². The molecule has 6 aromatic carbocycles. The maximum Gasteiger partial charge on any atom is 4.00 e. The van der Waals surface area contributed by atoms with Gasteiger partial charge in [0.25, 0.3) is 0 Å². The van der Waals surface area contributed by atoms with Crippen molar-refractivity contribution in [3.63, 3.8) is 0 Å².